The number of unbranched alkanes of at least 4 members (excludes halogenated alkanes) is 1. The lowest BCUT2D eigenvalue weighted by atomic mass is 10.1. The van der Waals surface area contributed by atoms with Crippen LogP contribution in [0, 0.1) is 0 Å². The molecule has 0 saturated carbocycles. The van der Waals surface area contributed by atoms with Crippen LogP contribution in [-0.2, 0) is 14.8 Å². The first-order valence-corrected chi connectivity index (χ1v) is 6.05. The molecule has 0 aromatic rings. The van der Waals surface area contributed by atoms with Crippen LogP contribution < -0.4 is 10.5 Å². The number of carboxylic acids is 1. The first-order valence-electron chi connectivity index (χ1n) is 4.50. The summed E-state index contributed by atoms with van der Waals surface area (Å²) in [5.41, 5.74) is 5.24. The Kier molecular flexibility index (Phi) is 6.14. The van der Waals surface area contributed by atoms with E-state index < -0.39 is 22.0 Å². The van der Waals surface area contributed by atoms with Crippen molar-refractivity contribution in [1.82, 2.24) is 4.72 Å². The molecule has 88 valence electrons. The second kappa shape index (κ2) is 6.54. The fourth-order valence-corrected chi connectivity index (χ4v) is 1.68. The van der Waals surface area contributed by atoms with E-state index in [1.807, 2.05) is 4.72 Å². The molecule has 0 heterocycles. The van der Waals surface area contributed by atoms with Gasteiger partial charge >= 0.3 is 5.97 Å². The monoisotopic (exact) mass is 236 g/mol. The highest BCUT2D eigenvalue weighted by Crippen LogP contribution is 2.02. The molecule has 7 heteroatoms. The van der Waals surface area contributed by atoms with Gasteiger partial charge in [0.1, 0.15) is 6.04 Å². The normalized spacial score (nSPS) is 13.4. The minimum absolute atomic E-state index is 0.222. The van der Waals surface area contributed by atoms with Crippen molar-refractivity contribution in [2.45, 2.75) is 25.3 Å². The molecule has 0 spiro atoms. The third-order valence-corrected chi connectivity index (χ3v) is 2.82. The third-order valence-electron chi connectivity index (χ3n) is 1.77. The van der Waals surface area contributed by atoms with E-state index in [0.29, 0.717) is 24.8 Å². The average molecular weight is 236 g/mol. The van der Waals surface area contributed by atoms with Crippen molar-refractivity contribution in [2.24, 2.45) is 5.73 Å². The maximum absolute atomic E-state index is 11.0. The number of rotatable bonds is 8. The molecule has 6 nitrogen and oxygen atoms in total. The third kappa shape index (κ3) is 6.21. The van der Waals surface area contributed by atoms with E-state index in [0.717, 1.165) is 0 Å². The van der Waals surface area contributed by atoms with Gasteiger partial charge in [-0.1, -0.05) is 13.0 Å². The van der Waals surface area contributed by atoms with Crippen molar-refractivity contribution in [3.05, 3.63) is 12.0 Å². The molecule has 0 rings (SSSR count). The van der Waals surface area contributed by atoms with Crippen LogP contribution >= 0.6 is 0 Å². The Morgan fingerprint density at radius 1 is 1.53 bits per heavy atom. The van der Waals surface area contributed by atoms with Gasteiger partial charge < -0.3 is 10.8 Å². The summed E-state index contributed by atoms with van der Waals surface area (Å²) in [7, 11) is -3.70. The molecule has 15 heavy (non-hydrogen) atoms. The van der Waals surface area contributed by atoms with Crippen molar-refractivity contribution in [3.63, 3.8) is 0 Å². The van der Waals surface area contributed by atoms with Gasteiger partial charge in [-0.25, -0.2) is 8.42 Å². The van der Waals surface area contributed by atoms with Crippen LogP contribution in [-0.4, -0.2) is 32.1 Å². The Balaban J connectivity index is 4.29. The molecule has 0 aromatic heterocycles. The van der Waals surface area contributed by atoms with Crippen LogP contribution in [0.2, 0.25) is 0 Å². The van der Waals surface area contributed by atoms with E-state index in [-0.39, 0.29) is 6.42 Å². The second-order valence-corrected chi connectivity index (χ2v) is 4.66. The molecule has 0 aromatic carbocycles. The van der Waals surface area contributed by atoms with Gasteiger partial charge in [0.2, 0.25) is 10.0 Å². The minimum Gasteiger partial charge on any atom is -0.480 e. The molecular formula is C8H16N2O4S. The van der Waals surface area contributed by atoms with Gasteiger partial charge in [-0.2, -0.15) is 4.72 Å². The molecule has 0 fully saturated rings. The molecule has 0 saturated heterocycles. The molecule has 0 aliphatic carbocycles. The van der Waals surface area contributed by atoms with E-state index in [9.17, 15) is 13.2 Å². The minimum atomic E-state index is -3.70. The van der Waals surface area contributed by atoms with Crippen molar-refractivity contribution in [1.29, 1.82) is 0 Å². The summed E-state index contributed by atoms with van der Waals surface area (Å²) < 4.78 is 24.1. The summed E-state index contributed by atoms with van der Waals surface area (Å²) in [6, 6.07) is -1.11. The summed E-state index contributed by atoms with van der Waals surface area (Å²) in [5, 5.41) is 9.43. The predicted molar refractivity (Wildman–Crippen MR) is 56.6 cm³/mol. The van der Waals surface area contributed by atoms with E-state index >= 15 is 0 Å². The Morgan fingerprint density at radius 2 is 2.13 bits per heavy atom. The van der Waals surface area contributed by atoms with Crippen LogP contribution in [0.4, 0.5) is 0 Å². The number of carbonyl (C=O) groups is 1. The largest absolute Gasteiger partial charge is 0.480 e. The summed E-state index contributed by atoms with van der Waals surface area (Å²) in [5.74, 6) is -1.20. The zero-order chi connectivity index (χ0) is 11.9. The zero-order valence-corrected chi connectivity index (χ0v) is 9.16. The second-order valence-electron chi connectivity index (χ2n) is 3.00. The van der Waals surface area contributed by atoms with Crippen LogP contribution in [0.3, 0.4) is 0 Å². The fourth-order valence-electron chi connectivity index (χ4n) is 0.972. The zero-order valence-electron chi connectivity index (χ0n) is 8.35. The SMILES string of the molecule is C=CS(=O)(=O)N[C@@H](CCCCN)C(=O)O. The number of sulfonamides is 1. The Bertz CT molecular complexity index is 313. The maximum atomic E-state index is 11.0. The highest BCUT2D eigenvalue weighted by Gasteiger charge is 2.21. The smallest absolute Gasteiger partial charge is 0.321 e. The first-order chi connectivity index (χ1) is 6.93. The van der Waals surface area contributed by atoms with Crippen molar-refractivity contribution in [3.8, 4) is 0 Å². The lowest BCUT2D eigenvalue weighted by molar-refractivity contribution is -0.139. The summed E-state index contributed by atoms with van der Waals surface area (Å²) in [4.78, 5) is 10.7. The van der Waals surface area contributed by atoms with Gasteiger partial charge in [-0.05, 0) is 19.4 Å². The van der Waals surface area contributed by atoms with E-state index in [1.165, 1.54) is 0 Å². The molecule has 0 aliphatic rings. The first kappa shape index (κ1) is 14.1. The van der Waals surface area contributed by atoms with Crippen LogP contribution in [0.25, 0.3) is 0 Å². The number of carboxylic acid groups (broad SMARTS) is 1. The van der Waals surface area contributed by atoms with Crippen LogP contribution in [0.15, 0.2) is 12.0 Å². The Labute approximate surface area is 89.2 Å². The fraction of sp³-hybridized carbons (Fsp3) is 0.625. The average Bonchev–Trinajstić information content (AvgIpc) is 2.16. The standard InChI is InChI=1S/C8H16N2O4S/c1-2-15(13,14)10-7(8(11)12)5-3-4-6-9/h2,7,10H,1,3-6,9H2,(H,11,12)/t7-/m0/s1. The molecular weight excluding hydrogens is 220 g/mol. The van der Waals surface area contributed by atoms with Gasteiger partial charge in [0, 0.05) is 5.41 Å². The van der Waals surface area contributed by atoms with Gasteiger partial charge in [0.25, 0.3) is 0 Å². The van der Waals surface area contributed by atoms with E-state index in [1.54, 1.807) is 0 Å². The molecule has 0 bridgehead atoms. The predicted octanol–water partition coefficient (Wildman–Crippen LogP) is -0.368. The van der Waals surface area contributed by atoms with Gasteiger partial charge in [0.05, 0.1) is 0 Å². The van der Waals surface area contributed by atoms with Gasteiger partial charge in [-0.15, -0.1) is 0 Å². The number of hydrogen-bond donors (Lipinski definition) is 3. The highest BCUT2D eigenvalue weighted by molar-refractivity contribution is 7.92. The number of hydrogen-bond acceptors (Lipinski definition) is 4. The van der Waals surface area contributed by atoms with E-state index in [2.05, 4.69) is 6.58 Å². The van der Waals surface area contributed by atoms with Gasteiger partial charge in [-0.3, -0.25) is 4.79 Å². The molecule has 0 radical (unpaired) electrons. The lowest BCUT2D eigenvalue weighted by Gasteiger charge is -2.12. The topological polar surface area (TPSA) is 109 Å². The van der Waals surface area contributed by atoms with E-state index in [4.69, 9.17) is 10.8 Å². The highest BCUT2D eigenvalue weighted by atomic mass is 32.2. The maximum Gasteiger partial charge on any atom is 0.321 e. The molecule has 0 unspecified atom stereocenters. The Morgan fingerprint density at radius 3 is 2.53 bits per heavy atom. The summed E-state index contributed by atoms with van der Waals surface area (Å²) in [6.07, 6.45) is 1.45. The van der Waals surface area contributed by atoms with Gasteiger partial charge in [0.15, 0.2) is 0 Å². The number of aliphatic carboxylic acids is 1. The number of nitrogens with one attached hydrogen (secondary N) is 1. The summed E-state index contributed by atoms with van der Waals surface area (Å²) >= 11 is 0. The molecule has 0 amide bonds. The lowest BCUT2D eigenvalue weighted by Crippen LogP contribution is -2.39. The molecule has 1 atom stereocenters. The van der Waals surface area contributed by atoms with Crippen molar-refractivity contribution in [2.75, 3.05) is 6.54 Å². The van der Waals surface area contributed by atoms with Crippen molar-refractivity contribution < 1.29 is 18.3 Å². The quantitative estimate of drug-likeness (QED) is 0.498. The van der Waals surface area contributed by atoms with Crippen LogP contribution in [0.1, 0.15) is 19.3 Å². The molecule has 4 N–H and O–H groups in total. The van der Waals surface area contributed by atoms with Crippen LogP contribution in [0.5, 0.6) is 0 Å². The molecule has 0 aliphatic heterocycles. The number of nitrogens with two attached hydrogens (primary N) is 1. The van der Waals surface area contributed by atoms with Crippen molar-refractivity contribution >= 4 is 16.0 Å². The Hall–Kier alpha value is -0.920. The summed E-state index contributed by atoms with van der Waals surface area (Å²) in [6.45, 7) is 3.54.